The van der Waals surface area contributed by atoms with Gasteiger partial charge in [0.1, 0.15) is 0 Å². The van der Waals surface area contributed by atoms with Gasteiger partial charge in [-0.25, -0.2) is 8.42 Å². The second-order valence-corrected chi connectivity index (χ2v) is 7.83. The number of amides is 1. The van der Waals surface area contributed by atoms with Crippen LogP contribution in [0.25, 0.3) is 0 Å². The molecule has 1 amide bonds. The fourth-order valence-electron chi connectivity index (χ4n) is 2.21. The van der Waals surface area contributed by atoms with Gasteiger partial charge < -0.3 is 4.52 Å². The lowest BCUT2D eigenvalue weighted by molar-refractivity contribution is -0.117. The largest absolute Gasteiger partial charge is 0.338 e. The first-order valence-corrected chi connectivity index (χ1v) is 9.29. The summed E-state index contributed by atoms with van der Waals surface area (Å²) >= 11 is 0. The maximum absolute atomic E-state index is 12.0. The minimum atomic E-state index is -3.21. The van der Waals surface area contributed by atoms with Crippen molar-refractivity contribution in [1.82, 2.24) is 10.1 Å². The van der Waals surface area contributed by atoms with Gasteiger partial charge in [-0.3, -0.25) is 15.0 Å². The maximum atomic E-state index is 12.0. The predicted molar refractivity (Wildman–Crippen MR) is 90.5 cm³/mol. The summed E-state index contributed by atoms with van der Waals surface area (Å²) in [5.41, 5.74) is 1.62. The molecule has 2 rings (SSSR count). The molecule has 0 saturated heterocycles. The number of nitrogens with one attached hydrogen (secondary N) is 1. The van der Waals surface area contributed by atoms with Gasteiger partial charge in [-0.05, 0) is 38.6 Å². The molecule has 2 aromatic rings. The Morgan fingerprint density at radius 3 is 2.46 bits per heavy atom. The molecule has 8 heteroatoms. The molecule has 1 heterocycles. The van der Waals surface area contributed by atoms with Gasteiger partial charge in [0, 0.05) is 18.4 Å². The van der Waals surface area contributed by atoms with Crippen LogP contribution in [0.1, 0.15) is 24.2 Å². The number of nitrogens with zero attached hydrogens (tertiary/aromatic N) is 2. The third-order valence-corrected chi connectivity index (χ3v) is 4.86. The number of carbonyl (C=O) groups excluding carboxylic acids is 1. The van der Waals surface area contributed by atoms with E-state index in [1.54, 1.807) is 37.3 Å². The number of aromatic nitrogens is 1. The highest BCUT2D eigenvalue weighted by Crippen LogP contribution is 2.20. The lowest BCUT2D eigenvalue weighted by Gasteiger charge is -2.24. The van der Waals surface area contributed by atoms with Crippen LogP contribution < -0.4 is 5.32 Å². The van der Waals surface area contributed by atoms with Crippen LogP contribution in [-0.4, -0.2) is 44.2 Å². The van der Waals surface area contributed by atoms with Crippen LogP contribution in [-0.2, 0) is 14.6 Å². The quantitative estimate of drug-likeness (QED) is 0.856. The molecule has 1 aromatic carbocycles. The Hall–Kier alpha value is -2.19. The second kappa shape index (κ2) is 7.14. The maximum Gasteiger partial charge on any atom is 0.240 e. The van der Waals surface area contributed by atoms with E-state index in [0.717, 1.165) is 5.56 Å². The summed E-state index contributed by atoms with van der Waals surface area (Å²) in [6.45, 7) is 3.88. The zero-order valence-electron chi connectivity index (χ0n) is 14.1. The van der Waals surface area contributed by atoms with Gasteiger partial charge in [0.05, 0.1) is 17.1 Å². The Bertz CT molecular complexity index is 812. The monoisotopic (exact) mass is 351 g/mol. The molecular weight excluding hydrogens is 330 g/mol. The number of benzene rings is 1. The van der Waals surface area contributed by atoms with Crippen molar-refractivity contribution in [2.45, 2.75) is 24.8 Å². The molecule has 7 nitrogen and oxygen atoms in total. The predicted octanol–water partition coefficient (Wildman–Crippen LogP) is 2.02. The van der Waals surface area contributed by atoms with E-state index in [4.69, 9.17) is 4.52 Å². The SMILES string of the molecule is Cc1cc(NC(=O)CN(C)[C@H](C)c2ccc(S(C)(=O)=O)cc2)on1. The Morgan fingerprint density at radius 2 is 1.96 bits per heavy atom. The van der Waals surface area contributed by atoms with Crippen LogP contribution in [0, 0.1) is 6.92 Å². The molecule has 1 aromatic heterocycles. The third kappa shape index (κ3) is 4.65. The number of anilines is 1. The van der Waals surface area contributed by atoms with Gasteiger partial charge in [0.25, 0.3) is 0 Å². The molecule has 24 heavy (non-hydrogen) atoms. The van der Waals surface area contributed by atoms with E-state index in [1.165, 1.54) is 6.26 Å². The van der Waals surface area contributed by atoms with Crippen molar-refractivity contribution in [3.63, 3.8) is 0 Å². The Kier molecular flexibility index (Phi) is 5.40. The number of carbonyl (C=O) groups is 1. The summed E-state index contributed by atoms with van der Waals surface area (Å²) in [5, 5.41) is 6.35. The standard InChI is InChI=1S/C16H21N3O4S/c1-11-9-16(23-18-11)17-15(20)10-19(3)12(2)13-5-7-14(8-6-13)24(4,21)22/h5-9,12H,10H2,1-4H3,(H,17,20)/t12-/m1/s1. The first-order chi connectivity index (χ1) is 11.2. The first-order valence-electron chi connectivity index (χ1n) is 7.40. The van der Waals surface area contributed by atoms with E-state index in [2.05, 4.69) is 10.5 Å². The van der Waals surface area contributed by atoms with Crippen LogP contribution in [0.5, 0.6) is 0 Å². The zero-order valence-corrected chi connectivity index (χ0v) is 14.9. The summed E-state index contributed by atoms with van der Waals surface area (Å²) in [5.74, 6) is 0.101. The van der Waals surface area contributed by atoms with E-state index in [1.807, 2.05) is 18.9 Å². The molecule has 0 spiro atoms. The topological polar surface area (TPSA) is 92.5 Å². The summed E-state index contributed by atoms with van der Waals surface area (Å²) < 4.78 is 27.9. The van der Waals surface area contributed by atoms with Crippen molar-refractivity contribution < 1.29 is 17.7 Å². The molecule has 0 aliphatic carbocycles. The van der Waals surface area contributed by atoms with Crippen LogP contribution in [0.2, 0.25) is 0 Å². The van der Waals surface area contributed by atoms with Gasteiger partial charge >= 0.3 is 0 Å². The molecule has 1 N–H and O–H groups in total. The van der Waals surface area contributed by atoms with E-state index in [0.29, 0.717) is 11.6 Å². The van der Waals surface area contributed by atoms with Crippen molar-refractivity contribution in [3.8, 4) is 0 Å². The third-order valence-electron chi connectivity index (χ3n) is 3.74. The van der Waals surface area contributed by atoms with Gasteiger partial charge in [-0.1, -0.05) is 17.3 Å². The number of rotatable bonds is 6. The van der Waals surface area contributed by atoms with Crippen molar-refractivity contribution in [2.24, 2.45) is 0 Å². The summed E-state index contributed by atoms with van der Waals surface area (Å²) in [6.07, 6.45) is 1.17. The number of hydrogen-bond acceptors (Lipinski definition) is 6. The molecule has 0 aliphatic heterocycles. The number of hydrogen-bond donors (Lipinski definition) is 1. The Balaban J connectivity index is 1.98. The van der Waals surface area contributed by atoms with Gasteiger partial charge in [0.2, 0.25) is 11.8 Å². The molecule has 0 saturated carbocycles. The molecule has 130 valence electrons. The minimum absolute atomic E-state index is 0.0548. The highest BCUT2D eigenvalue weighted by molar-refractivity contribution is 7.90. The fourth-order valence-corrected chi connectivity index (χ4v) is 2.84. The van der Waals surface area contributed by atoms with Crippen molar-refractivity contribution >= 4 is 21.6 Å². The van der Waals surface area contributed by atoms with Crippen LogP contribution >= 0.6 is 0 Å². The van der Waals surface area contributed by atoms with Crippen LogP contribution in [0.15, 0.2) is 39.8 Å². The minimum Gasteiger partial charge on any atom is -0.338 e. The molecule has 0 unspecified atom stereocenters. The van der Waals surface area contributed by atoms with E-state index >= 15 is 0 Å². The number of likely N-dealkylation sites (N-methyl/N-ethyl adjacent to an activating group) is 1. The van der Waals surface area contributed by atoms with Crippen LogP contribution in [0.4, 0.5) is 5.88 Å². The highest BCUT2D eigenvalue weighted by atomic mass is 32.2. The molecule has 0 bridgehead atoms. The average Bonchev–Trinajstić information content (AvgIpc) is 2.90. The molecule has 0 radical (unpaired) electrons. The fraction of sp³-hybridized carbons (Fsp3) is 0.375. The molecular formula is C16H21N3O4S. The smallest absolute Gasteiger partial charge is 0.240 e. The van der Waals surface area contributed by atoms with Crippen molar-refractivity contribution in [2.75, 3.05) is 25.2 Å². The lowest BCUT2D eigenvalue weighted by Crippen LogP contribution is -2.32. The van der Waals surface area contributed by atoms with Crippen LogP contribution in [0.3, 0.4) is 0 Å². The normalized spacial score (nSPS) is 13.0. The first kappa shape index (κ1) is 18.2. The Labute approximate surface area is 141 Å². The molecule has 1 atom stereocenters. The second-order valence-electron chi connectivity index (χ2n) is 5.81. The summed E-state index contributed by atoms with van der Waals surface area (Å²) in [4.78, 5) is 14.2. The Morgan fingerprint density at radius 1 is 1.33 bits per heavy atom. The number of sulfone groups is 1. The lowest BCUT2D eigenvalue weighted by atomic mass is 10.1. The molecule has 0 fully saturated rings. The molecule has 0 aliphatic rings. The summed E-state index contributed by atoms with van der Waals surface area (Å²) in [6, 6.07) is 8.26. The van der Waals surface area contributed by atoms with Gasteiger partial charge in [0.15, 0.2) is 9.84 Å². The van der Waals surface area contributed by atoms with Crippen molar-refractivity contribution in [1.29, 1.82) is 0 Å². The highest BCUT2D eigenvalue weighted by Gasteiger charge is 2.17. The van der Waals surface area contributed by atoms with E-state index < -0.39 is 9.84 Å². The van der Waals surface area contributed by atoms with E-state index in [-0.39, 0.29) is 23.4 Å². The van der Waals surface area contributed by atoms with Crippen molar-refractivity contribution in [3.05, 3.63) is 41.6 Å². The average molecular weight is 351 g/mol. The van der Waals surface area contributed by atoms with Gasteiger partial charge in [-0.2, -0.15) is 0 Å². The van der Waals surface area contributed by atoms with Gasteiger partial charge in [-0.15, -0.1) is 0 Å². The number of aryl methyl sites for hydroxylation is 1. The zero-order chi connectivity index (χ0) is 17.9. The van der Waals surface area contributed by atoms with E-state index in [9.17, 15) is 13.2 Å². The summed E-state index contributed by atoms with van der Waals surface area (Å²) in [7, 11) is -1.39.